The van der Waals surface area contributed by atoms with Gasteiger partial charge in [0.05, 0.1) is 18.2 Å². The Kier molecular flexibility index (Phi) is 5.48. The molecule has 2 aromatic rings. The van der Waals surface area contributed by atoms with Crippen molar-refractivity contribution in [2.24, 2.45) is 5.92 Å². The van der Waals surface area contributed by atoms with Gasteiger partial charge in [-0.15, -0.1) is 11.3 Å². The van der Waals surface area contributed by atoms with Gasteiger partial charge in [-0.05, 0) is 57.1 Å². The average molecular weight is 346 g/mol. The van der Waals surface area contributed by atoms with Gasteiger partial charge in [0.1, 0.15) is 10.8 Å². The lowest BCUT2D eigenvalue weighted by Gasteiger charge is -2.29. The molecule has 0 bridgehead atoms. The second-order valence-corrected chi connectivity index (χ2v) is 6.85. The fraction of sp³-hybridized carbons (Fsp3) is 0.444. The van der Waals surface area contributed by atoms with E-state index in [-0.39, 0.29) is 5.92 Å². The van der Waals surface area contributed by atoms with E-state index < -0.39 is 5.97 Å². The van der Waals surface area contributed by atoms with Crippen molar-refractivity contribution in [2.75, 3.05) is 19.7 Å². The number of carboxylic acids is 1. The zero-order valence-corrected chi connectivity index (χ0v) is 14.6. The highest BCUT2D eigenvalue weighted by atomic mass is 32.1. The third-order valence-corrected chi connectivity index (χ3v) is 5.23. The van der Waals surface area contributed by atoms with Crippen molar-refractivity contribution in [3.05, 3.63) is 35.3 Å². The summed E-state index contributed by atoms with van der Waals surface area (Å²) in [4.78, 5) is 18.0. The van der Waals surface area contributed by atoms with Crippen LogP contribution in [0.1, 0.15) is 25.5 Å². The Hall–Kier alpha value is -1.92. The minimum Gasteiger partial charge on any atom is -0.494 e. The summed E-state index contributed by atoms with van der Waals surface area (Å²) in [7, 11) is 0. The van der Waals surface area contributed by atoms with Crippen molar-refractivity contribution < 1.29 is 14.6 Å². The Balaban J connectivity index is 1.58. The van der Waals surface area contributed by atoms with Crippen LogP contribution in [0, 0.1) is 5.92 Å². The second-order valence-electron chi connectivity index (χ2n) is 5.99. The topological polar surface area (TPSA) is 62.7 Å². The van der Waals surface area contributed by atoms with Crippen molar-refractivity contribution in [3.8, 4) is 16.3 Å². The van der Waals surface area contributed by atoms with Crippen LogP contribution in [0.3, 0.4) is 0 Å². The Morgan fingerprint density at radius 3 is 2.67 bits per heavy atom. The summed E-state index contributed by atoms with van der Waals surface area (Å²) in [5.41, 5.74) is 2.15. The fourth-order valence-corrected chi connectivity index (χ4v) is 3.76. The molecule has 0 atom stereocenters. The van der Waals surface area contributed by atoms with Crippen LogP contribution in [0.15, 0.2) is 29.6 Å². The van der Waals surface area contributed by atoms with Gasteiger partial charge in [-0.25, -0.2) is 4.98 Å². The number of ether oxygens (including phenoxy) is 1. The fourth-order valence-electron chi connectivity index (χ4n) is 2.94. The number of likely N-dealkylation sites (tertiary alicyclic amines) is 1. The lowest BCUT2D eigenvalue weighted by atomic mass is 9.97. The summed E-state index contributed by atoms with van der Waals surface area (Å²) < 4.78 is 5.46. The van der Waals surface area contributed by atoms with Crippen LogP contribution >= 0.6 is 11.3 Å². The summed E-state index contributed by atoms with van der Waals surface area (Å²) in [6.45, 7) is 5.08. The summed E-state index contributed by atoms with van der Waals surface area (Å²) in [5, 5.41) is 12.2. The molecule has 0 radical (unpaired) electrons. The van der Waals surface area contributed by atoms with E-state index >= 15 is 0 Å². The van der Waals surface area contributed by atoms with Gasteiger partial charge in [-0.1, -0.05) is 0 Å². The SMILES string of the molecule is CCOc1ccc(-c2nc(CN3CCC(C(=O)O)CC3)cs2)cc1. The Morgan fingerprint density at radius 2 is 2.04 bits per heavy atom. The lowest BCUT2D eigenvalue weighted by molar-refractivity contribution is -0.143. The summed E-state index contributed by atoms with van der Waals surface area (Å²) >= 11 is 1.64. The number of hydrogen-bond acceptors (Lipinski definition) is 5. The van der Waals surface area contributed by atoms with Crippen LogP contribution in [0.4, 0.5) is 0 Å². The molecule has 6 heteroatoms. The molecule has 0 unspecified atom stereocenters. The summed E-state index contributed by atoms with van der Waals surface area (Å²) in [5.74, 6) is 0.0246. The smallest absolute Gasteiger partial charge is 0.306 e. The number of thiazole rings is 1. The molecule has 1 aliphatic heterocycles. The monoisotopic (exact) mass is 346 g/mol. The minimum atomic E-state index is -0.666. The number of carbonyl (C=O) groups is 1. The third kappa shape index (κ3) is 4.13. The predicted octanol–water partition coefficient (Wildman–Crippen LogP) is 3.51. The third-order valence-electron chi connectivity index (χ3n) is 4.29. The van der Waals surface area contributed by atoms with E-state index in [0.717, 1.165) is 54.5 Å². The molecule has 24 heavy (non-hydrogen) atoms. The molecule has 1 aliphatic rings. The van der Waals surface area contributed by atoms with Crippen LogP contribution < -0.4 is 4.74 Å². The lowest BCUT2D eigenvalue weighted by Crippen LogP contribution is -2.35. The Labute approximate surface area is 145 Å². The highest BCUT2D eigenvalue weighted by molar-refractivity contribution is 7.13. The second kappa shape index (κ2) is 7.77. The van der Waals surface area contributed by atoms with Crippen LogP contribution in [0.25, 0.3) is 10.6 Å². The number of rotatable bonds is 6. The van der Waals surface area contributed by atoms with Crippen molar-refractivity contribution in [1.29, 1.82) is 0 Å². The maximum Gasteiger partial charge on any atom is 0.306 e. The number of piperidine rings is 1. The largest absolute Gasteiger partial charge is 0.494 e. The number of benzene rings is 1. The number of nitrogens with zero attached hydrogens (tertiary/aromatic N) is 2. The first-order valence-electron chi connectivity index (χ1n) is 8.28. The van der Waals surface area contributed by atoms with E-state index in [0.29, 0.717) is 6.61 Å². The van der Waals surface area contributed by atoms with Gasteiger partial charge in [-0.3, -0.25) is 9.69 Å². The standard InChI is InChI=1S/C18H22N2O3S/c1-2-23-16-5-3-13(4-6-16)17-19-15(12-24-17)11-20-9-7-14(8-10-20)18(21)22/h3-6,12,14H,2,7-11H2,1H3,(H,21,22). The maximum atomic E-state index is 11.0. The van der Waals surface area contributed by atoms with Crippen molar-refractivity contribution in [1.82, 2.24) is 9.88 Å². The molecular formula is C18H22N2O3S. The van der Waals surface area contributed by atoms with Crippen LogP contribution in [-0.2, 0) is 11.3 Å². The quantitative estimate of drug-likeness (QED) is 0.867. The van der Waals surface area contributed by atoms with Crippen molar-refractivity contribution >= 4 is 17.3 Å². The molecule has 2 heterocycles. The van der Waals surface area contributed by atoms with Crippen molar-refractivity contribution in [2.45, 2.75) is 26.3 Å². The first-order valence-corrected chi connectivity index (χ1v) is 9.16. The van der Waals surface area contributed by atoms with E-state index in [4.69, 9.17) is 14.8 Å². The molecule has 1 aromatic carbocycles. The number of hydrogen-bond donors (Lipinski definition) is 1. The van der Waals surface area contributed by atoms with Gasteiger partial charge in [0.2, 0.25) is 0 Å². The van der Waals surface area contributed by atoms with E-state index in [9.17, 15) is 4.79 Å². The van der Waals surface area contributed by atoms with Crippen LogP contribution in [-0.4, -0.2) is 40.7 Å². The molecule has 3 rings (SSSR count). The Bertz CT molecular complexity index is 676. The molecule has 5 nitrogen and oxygen atoms in total. The highest BCUT2D eigenvalue weighted by Crippen LogP contribution is 2.27. The molecule has 0 amide bonds. The van der Waals surface area contributed by atoms with Crippen molar-refractivity contribution in [3.63, 3.8) is 0 Å². The highest BCUT2D eigenvalue weighted by Gasteiger charge is 2.24. The molecule has 0 spiro atoms. The molecule has 128 valence electrons. The normalized spacial score (nSPS) is 16.2. The van der Waals surface area contributed by atoms with Gasteiger partial charge in [-0.2, -0.15) is 0 Å². The van der Waals surface area contributed by atoms with E-state index in [1.54, 1.807) is 11.3 Å². The van der Waals surface area contributed by atoms with Crippen LogP contribution in [0.2, 0.25) is 0 Å². The molecule has 1 aromatic heterocycles. The maximum absolute atomic E-state index is 11.0. The molecule has 1 fully saturated rings. The number of aliphatic carboxylic acids is 1. The van der Waals surface area contributed by atoms with Gasteiger partial charge >= 0.3 is 5.97 Å². The van der Waals surface area contributed by atoms with E-state index in [1.165, 1.54) is 0 Å². The molecule has 1 saturated heterocycles. The number of carboxylic acid groups (broad SMARTS) is 1. The van der Waals surface area contributed by atoms with Crippen LogP contribution in [0.5, 0.6) is 5.75 Å². The zero-order chi connectivity index (χ0) is 16.9. The molecule has 0 aliphatic carbocycles. The predicted molar refractivity (Wildman–Crippen MR) is 94.4 cm³/mol. The van der Waals surface area contributed by atoms with Gasteiger partial charge in [0.25, 0.3) is 0 Å². The minimum absolute atomic E-state index is 0.184. The summed E-state index contributed by atoms with van der Waals surface area (Å²) in [6, 6.07) is 8.01. The van der Waals surface area contributed by atoms with E-state index in [1.807, 2.05) is 31.2 Å². The average Bonchev–Trinajstić information content (AvgIpc) is 3.05. The molecule has 1 N–H and O–H groups in total. The Morgan fingerprint density at radius 1 is 1.33 bits per heavy atom. The first kappa shape index (κ1) is 16.9. The molecule has 0 saturated carbocycles. The van der Waals surface area contributed by atoms with Gasteiger partial charge < -0.3 is 9.84 Å². The van der Waals surface area contributed by atoms with Gasteiger partial charge in [0, 0.05) is 17.5 Å². The molecular weight excluding hydrogens is 324 g/mol. The van der Waals surface area contributed by atoms with E-state index in [2.05, 4.69) is 10.3 Å². The summed E-state index contributed by atoms with van der Waals surface area (Å²) in [6.07, 6.45) is 1.45. The zero-order valence-electron chi connectivity index (χ0n) is 13.8. The van der Waals surface area contributed by atoms with Gasteiger partial charge in [0.15, 0.2) is 0 Å². The number of aromatic nitrogens is 1. The first-order chi connectivity index (χ1) is 11.7.